The van der Waals surface area contributed by atoms with Gasteiger partial charge < -0.3 is 19.7 Å². The molecule has 1 atom stereocenters. The van der Waals surface area contributed by atoms with Gasteiger partial charge in [0.05, 0.1) is 19.1 Å². The third kappa shape index (κ3) is 2.50. The van der Waals surface area contributed by atoms with E-state index in [1.807, 2.05) is 0 Å². The van der Waals surface area contributed by atoms with E-state index in [-0.39, 0.29) is 12.2 Å². The van der Waals surface area contributed by atoms with Crippen LogP contribution in [-0.4, -0.2) is 29.4 Å². The highest BCUT2D eigenvalue weighted by molar-refractivity contribution is 5.70. The predicted molar refractivity (Wildman–Crippen MR) is 64.2 cm³/mol. The summed E-state index contributed by atoms with van der Waals surface area (Å²) in [5.41, 5.74) is 0.564. The number of fused-ring (bicyclic) bond motifs is 1. The quantitative estimate of drug-likeness (QED) is 0.858. The monoisotopic (exact) mass is 252 g/mol. The lowest BCUT2D eigenvalue weighted by atomic mass is 10.00. The summed E-state index contributed by atoms with van der Waals surface area (Å²) in [6, 6.07) is 3.40. The molecule has 0 fully saturated rings. The Balaban J connectivity index is 2.28. The summed E-state index contributed by atoms with van der Waals surface area (Å²) in [5.74, 6) is -0.621. The number of phenolic OH excluding ortho intramolecular Hbond substituents is 1. The Morgan fingerprint density at radius 1 is 1.39 bits per heavy atom. The molecular weight excluding hydrogens is 236 g/mol. The van der Waals surface area contributed by atoms with Crippen LogP contribution in [0.1, 0.15) is 18.9 Å². The molecule has 1 aliphatic rings. The molecule has 0 aromatic heterocycles. The molecule has 0 aliphatic carbocycles. The van der Waals surface area contributed by atoms with Crippen molar-refractivity contribution in [2.24, 2.45) is 5.92 Å². The zero-order chi connectivity index (χ0) is 13.1. The topological polar surface area (TPSA) is 76.0 Å². The normalized spacial score (nSPS) is 15.8. The van der Waals surface area contributed by atoms with Gasteiger partial charge in [-0.2, -0.15) is 0 Å². The second-order valence-corrected chi connectivity index (χ2v) is 4.39. The summed E-state index contributed by atoms with van der Waals surface area (Å²) in [4.78, 5) is 10.8. The van der Waals surface area contributed by atoms with E-state index in [2.05, 4.69) is 0 Å². The van der Waals surface area contributed by atoms with E-state index in [0.717, 1.165) is 6.42 Å². The summed E-state index contributed by atoms with van der Waals surface area (Å²) in [6.45, 7) is 2.64. The maximum atomic E-state index is 10.8. The number of hydrogen-bond acceptors (Lipinski definition) is 4. The van der Waals surface area contributed by atoms with Crippen molar-refractivity contribution < 1.29 is 24.5 Å². The molecule has 2 rings (SSSR count). The van der Waals surface area contributed by atoms with E-state index in [4.69, 9.17) is 14.6 Å². The molecule has 1 heterocycles. The zero-order valence-corrected chi connectivity index (χ0v) is 10.2. The third-order valence-electron chi connectivity index (χ3n) is 2.92. The Morgan fingerprint density at radius 2 is 2.11 bits per heavy atom. The van der Waals surface area contributed by atoms with Crippen LogP contribution in [0, 0.1) is 5.92 Å². The first-order valence-corrected chi connectivity index (χ1v) is 5.93. The van der Waals surface area contributed by atoms with Crippen LogP contribution in [0.3, 0.4) is 0 Å². The average Bonchev–Trinajstić information content (AvgIpc) is 2.58. The number of ether oxygens (including phenoxy) is 2. The van der Waals surface area contributed by atoms with Gasteiger partial charge in [0.2, 0.25) is 5.75 Å². The lowest BCUT2D eigenvalue weighted by molar-refractivity contribution is -0.141. The second kappa shape index (κ2) is 5.16. The van der Waals surface area contributed by atoms with Crippen molar-refractivity contribution in [3.63, 3.8) is 0 Å². The van der Waals surface area contributed by atoms with Gasteiger partial charge in [-0.05, 0) is 18.1 Å². The number of benzene rings is 1. The standard InChI is InChI=1S/C13H16O5/c1-8(13(15)16)7-9-3-4-10-12(11(9)14)18-6-2-5-17-10/h3-4,8,14H,2,5-7H2,1H3,(H,15,16). The first kappa shape index (κ1) is 12.5. The molecule has 5 nitrogen and oxygen atoms in total. The van der Waals surface area contributed by atoms with Crippen molar-refractivity contribution in [2.45, 2.75) is 19.8 Å². The molecule has 1 aliphatic heterocycles. The minimum Gasteiger partial charge on any atom is -0.504 e. The van der Waals surface area contributed by atoms with E-state index < -0.39 is 11.9 Å². The number of aliphatic carboxylic acids is 1. The van der Waals surface area contributed by atoms with Crippen molar-refractivity contribution in [2.75, 3.05) is 13.2 Å². The molecule has 5 heteroatoms. The number of carboxylic acid groups (broad SMARTS) is 1. The Kier molecular flexibility index (Phi) is 3.60. The molecular formula is C13H16O5. The van der Waals surface area contributed by atoms with Crippen LogP contribution in [0.15, 0.2) is 12.1 Å². The van der Waals surface area contributed by atoms with E-state index in [1.165, 1.54) is 0 Å². The summed E-state index contributed by atoms with van der Waals surface area (Å²) in [7, 11) is 0. The van der Waals surface area contributed by atoms with Crippen molar-refractivity contribution in [1.29, 1.82) is 0 Å². The molecule has 0 amide bonds. The van der Waals surface area contributed by atoms with E-state index in [0.29, 0.717) is 30.3 Å². The number of carbonyl (C=O) groups is 1. The molecule has 0 radical (unpaired) electrons. The van der Waals surface area contributed by atoms with Gasteiger partial charge in [0.1, 0.15) is 0 Å². The largest absolute Gasteiger partial charge is 0.504 e. The molecule has 98 valence electrons. The Morgan fingerprint density at radius 3 is 2.83 bits per heavy atom. The molecule has 0 saturated heterocycles. The maximum absolute atomic E-state index is 10.8. The highest BCUT2D eigenvalue weighted by Gasteiger charge is 2.20. The second-order valence-electron chi connectivity index (χ2n) is 4.39. The lowest BCUT2D eigenvalue weighted by Gasteiger charge is -2.13. The SMILES string of the molecule is CC(Cc1ccc2c(c1O)OCCCO2)C(=O)O. The third-order valence-corrected chi connectivity index (χ3v) is 2.92. The fourth-order valence-corrected chi connectivity index (χ4v) is 1.84. The van der Waals surface area contributed by atoms with Crippen LogP contribution in [0.5, 0.6) is 17.2 Å². The number of rotatable bonds is 3. The van der Waals surface area contributed by atoms with Gasteiger partial charge >= 0.3 is 5.97 Å². The van der Waals surface area contributed by atoms with Crippen LogP contribution in [0.4, 0.5) is 0 Å². The fraction of sp³-hybridized carbons (Fsp3) is 0.462. The summed E-state index contributed by atoms with van der Waals surface area (Å²) in [5, 5.41) is 19.0. The minimum atomic E-state index is -0.887. The molecule has 1 unspecified atom stereocenters. The molecule has 1 aromatic rings. The highest BCUT2D eigenvalue weighted by Crippen LogP contribution is 2.41. The summed E-state index contributed by atoms with van der Waals surface area (Å²) in [6.07, 6.45) is 1.02. The Hall–Kier alpha value is -1.91. The lowest BCUT2D eigenvalue weighted by Crippen LogP contribution is -2.12. The van der Waals surface area contributed by atoms with Crippen molar-refractivity contribution >= 4 is 5.97 Å². The van der Waals surface area contributed by atoms with Gasteiger partial charge in [-0.1, -0.05) is 13.0 Å². The van der Waals surface area contributed by atoms with Gasteiger partial charge in [0.25, 0.3) is 0 Å². The molecule has 0 saturated carbocycles. The molecule has 0 spiro atoms. The molecule has 2 N–H and O–H groups in total. The number of phenols is 1. The zero-order valence-electron chi connectivity index (χ0n) is 10.2. The van der Waals surface area contributed by atoms with Crippen LogP contribution in [0.2, 0.25) is 0 Å². The molecule has 1 aromatic carbocycles. The van der Waals surface area contributed by atoms with E-state index >= 15 is 0 Å². The summed E-state index contributed by atoms with van der Waals surface area (Å²) >= 11 is 0. The first-order chi connectivity index (χ1) is 8.59. The van der Waals surface area contributed by atoms with E-state index in [9.17, 15) is 9.90 Å². The van der Waals surface area contributed by atoms with Crippen LogP contribution in [-0.2, 0) is 11.2 Å². The van der Waals surface area contributed by atoms with Crippen molar-refractivity contribution in [1.82, 2.24) is 0 Å². The fourth-order valence-electron chi connectivity index (χ4n) is 1.84. The average molecular weight is 252 g/mol. The van der Waals surface area contributed by atoms with Gasteiger partial charge in [-0.15, -0.1) is 0 Å². The minimum absolute atomic E-state index is 0.0116. The summed E-state index contributed by atoms with van der Waals surface area (Å²) < 4.78 is 10.9. The van der Waals surface area contributed by atoms with Gasteiger partial charge in [-0.25, -0.2) is 0 Å². The van der Waals surface area contributed by atoms with Crippen LogP contribution >= 0.6 is 0 Å². The van der Waals surface area contributed by atoms with Gasteiger partial charge in [0, 0.05) is 6.42 Å². The predicted octanol–water partition coefficient (Wildman–Crippen LogP) is 1.82. The van der Waals surface area contributed by atoms with Crippen molar-refractivity contribution in [3.05, 3.63) is 17.7 Å². The Bertz CT molecular complexity index is 455. The van der Waals surface area contributed by atoms with Crippen LogP contribution < -0.4 is 9.47 Å². The molecule has 18 heavy (non-hydrogen) atoms. The highest BCUT2D eigenvalue weighted by atomic mass is 16.5. The van der Waals surface area contributed by atoms with E-state index in [1.54, 1.807) is 19.1 Å². The maximum Gasteiger partial charge on any atom is 0.306 e. The van der Waals surface area contributed by atoms with Gasteiger partial charge in [0.15, 0.2) is 11.5 Å². The number of hydrogen-bond donors (Lipinski definition) is 2. The molecule has 0 bridgehead atoms. The number of aromatic hydroxyl groups is 1. The van der Waals surface area contributed by atoms with Gasteiger partial charge in [-0.3, -0.25) is 4.79 Å². The first-order valence-electron chi connectivity index (χ1n) is 5.93. The smallest absolute Gasteiger partial charge is 0.306 e. The van der Waals surface area contributed by atoms with Crippen molar-refractivity contribution in [3.8, 4) is 17.2 Å². The Labute approximate surface area is 105 Å². The van der Waals surface area contributed by atoms with Crippen LogP contribution in [0.25, 0.3) is 0 Å². The number of carboxylic acids is 1.